The number of fused-ring (bicyclic) bond motifs is 1. The third-order valence-electron chi connectivity index (χ3n) is 5.80. The molecule has 4 rings (SSSR count). The van der Waals surface area contributed by atoms with E-state index in [-0.39, 0.29) is 23.9 Å². The highest BCUT2D eigenvalue weighted by molar-refractivity contribution is 6.30. The number of phenolic OH excluding ortho intramolecular Hbond substituents is 1. The first-order chi connectivity index (χ1) is 14.8. The normalized spacial score (nSPS) is 18.3. The number of hydrogen-bond acceptors (Lipinski definition) is 6. The van der Waals surface area contributed by atoms with E-state index in [4.69, 9.17) is 21.1 Å². The van der Waals surface area contributed by atoms with Crippen molar-refractivity contribution in [2.45, 2.75) is 37.9 Å². The minimum absolute atomic E-state index is 0.0266. The summed E-state index contributed by atoms with van der Waals surface area (Å²) in [6, 6.07) is 10.2. The number of aliphatic hydroxyl groups excluding tert-OH is 1. The van der Waals surface area contributed by atoms with Crippen LogP contribution in [0.15, 0.2) is 36.4 Å². The summed E-state index contributed by atoms with van der Waals surface area (Å²) in [5.74, 6) is 1.03. The molecule has 0 bridgehead atoms. The lowest BCUT2D eigenvalue weighted by Gasteiger charge is -2.39. The average Bonchev–Trinajstić information content (AvgIpc) is 3.06. The summed E-state index contributed by atoms with van der Waals surface area (Å²) < 4.78 is 12.0. The maximum Gasteiger partial charge on any atom is 0.221 e. The third-order valence-corrected chi connectivity index (χ3v) is 6.04. The third kappa shape index (κ3) is 5.23. The second-order valence-corrected chi connectivity index (χ2v) is 8.78. The molecule has 0 saturated carbocycles. The standard InChI is InChI=1S/C23H27ClN2O5/c1-15(27)25-20-4-3-18(28)11-22(20)30-14-19(29)13-26-8-6-23(7-9-26)12-16-10-17(24)2-5-21(16)31-23/h2-5,10-11,19,28-29H,6-9,12-14H2,1H3,(H,25,27)/t19-/m1/s1. The van der Waals surface area contributed by atoms with Gasteiger partial charge in [-0.25, -0.2) is 0 Å². The molecule has 1 saturated heterocycles. The first-order valence-corrected chi connectivity index (χ1v) is 10.8. The second kappa shape index (κ2) is 8.94. The number of rotatable bonds is 6. The zero-order valence-electron chi connectivity index (χ0n) is 17.4. The van der Waals surface area contributed by atoms with Crippen LogP contribution < -0.4 is 14.8 Å². The molecule has 2 aromatic carbocycles. The van der Waals surface area contributed by atoms with Gasteiger partial charge in [0.2, 0.25) is 5.91 Å². The van der Waals surface area contributed by atoms with Crippen molar-refractivity contribution in [1.82, 2.24) is 4.90 Å². The summed E-state index contributed by atoms with van der Waals surface area (Å²) >= 11 is 6.11. The van der Waals surface area contributed by atoms with E-state index in [2.05, 4.69) is 10.2 Å². The van der Waals surface area contributed by atoms with E-state index < -0.39 is 6.10 Å². The number of ether oxygens (including phenoxy) is 2. The molecular formula is C23H27ClN2O5. The Morgan fingerprint density at radius 2 is 2.06 bits per heavy atom. The Hall–Kier alpha value is -2.48. The fourth-order valence-electron chi connectivity index (χ4n) is 4.28. The largest absolute Gasteiger partial charge is 0.508 e. The minimum Gasteiger partial charge on any atom is -0.508 e. The minimum atomic E-state index is -0.706. The van der Waals surface area contributed by atoms with E-state index >= 15 is 0 Å². The summed E-state index contributed by atoms with van der Waals surface area (Å²) in [6.45, 7) is 3.57. The van der Waals surface area contributed by atoms with Gasteiger partial charge in [-0.3, -0.25) is 4.79 Å². The molecule has 1 amide bonds. The number of anilines is 1. The average molecular weight is 447 g/mol. The van der Waals surface area contributed by atoms with Gasteiger partial charge in [0.1, 0.15) is 35.6 Å². The first-order valence-electron chi connectivity index (χ1n) is 10.4. The van der Waals surface area contributed by atoms with E-state index in [1.807, 2.05) is 18.2 Å². The SMILES string of the molecule is CC(=O)Nc1ccc(O)cc1OC[C@H](O)CN1CCC2(CC1)Cc1cc(Cl)ccc1O2. The number of β-amino-alcohol motifs (C(OH)–C–C–N with tert-alkyl or cyclic N) is 1. The number of nitrogens with zero attached hydrogens (tertiary/aromatic N) is 1. The molecule has 2 aromatic rings. The van der Waals surface area contributed by atoms with Crippen LogP contribution in [0.3, 0.4) is 0 Å². The number of halogens is 1. The molecule has 1 fully saturated rings. The smallest absolute Gasteiger partial charge is 0.221 e. The number of piperidine rings is 1. The lowest BCUT2D eigenvalue weighted by Crippen LogP contribution is -2.49. The topological polar surface area (TPSA) is 91.3 Å². The van der Waals surface area contributed by atoms with Gasteiger partial charge >= 0.3 is 0 Å². The highest BCUT2D eigenvalue weighted by Crippen LogP contribution is 2.42. The molecule has 0 aliphatic carbocycles. The number of hydrogen-bond donors (Lipinski definition) is 3. The number of aliphatic hydroxyl groups is 1. The second-order valence-electron chi connectivity index (χ2n) is 8.34. The molecule has 166 valence electrons. The summed E-state index contributed by atoms with van der Waals surface area (Å²) in [5, 5.41) is 23.6. The molecule has 0 unspecified atom stereocenters. The van der Waals surface area contributed by atoms with Crippen LogP contribution in [0.1, 0.15) is 25.3 Å². The van der Waals surface area contributed by atoms with E-state index in [1.54, 1.807) is 6.07 Å². The van der Waals surface area contributed by atoms with Gasteiger partial charge in [0.05, 0.1) is 5.69 Å². The lowest BCUT2D eigenvalue weighted by molar-refractivity contribution is -0.114. The maximum absolute atomic E-state index is 11.3. The van der Waals surface area contributed by atoms with Crippen molar-refractivity contribution in [2.24, 2.45) is 0 Å². The van der Waals surface area contributed by atoms with E-state index in [0.717, 1.165) is 48.7 Å². The zero-order chi connectivity index (χ0) is 22.0. The van der Waals surface area contributed by atoms with Crippen LogP contribution in [-0.4, -0.2) is 59.0 Å². The fourth-order valence-corrected chi connectivity index (χ4v) is 4.48. The molecule has 1 spiro atoms. The molecule has 1 atom stereocenters. The predicted molar refractivity (Wildman–Crippen MR) is 118 cm³/mol. The van der Waals surface area contributed by atoms with Gasteiger partial charge in [-0.05, 0) is 35.9 Å². The Bertz CT molecular complexity index is 959. The number of nitrogens with one attached hydrogen (secondary N) is 1. The number of likely N-dealkylation sites (tertiary alicyclic amines) is 1. The van der Waals surface area contributed by atoms with Crippen LogP contribution in [0, 0.1) is 0 Å². The molecule has 2 heterocycles. The van der Waals surface area contributed by atoms with Gasteiger partial charge in [0.25, 0.3) is 0 Å². The Labute approximate surface area is 186 Å². The number of benzene rings is 2. The molecule has 0 radical (unpaired) electrons. The highest BCUT2D eigenvalue weighted by atomic mass is 35.5. The quantitative estimate of drug-likeness (QED) is 0.590. The predicted octanol–water partition coefficient (Wildman–Crippen LogP) is 3.21. The molecule has 2 aliphatic rings. The molecule has 3 N–H and O–H groups in total. The van der Waals surface area contributed by atoms with Crippen LogP contribution in [0.4, 0.5) is 5.69 Å². The summed E-state index contributed by atoms with van der Waals surface area (Å²) in [4.78, 5) is 13.5. The maximum atomic E-state index is 11.3. The number of carbonyl (C=O) groups is 1. The number of carbonyl (C=O) groups excluding carboxylic acids is 1. The molecule has 8 heteroatoms. The van der Waals surface area contributed by atoms with Crippen LogP contribution in [0.25, 0.3) is 0 Å². The van der Waals surface area contributed by atoms with E-state index in [9.17, 15) is 15.0 Å². The van der Waals surface area contributed by atoms with Crippen LogP contribution in [-0.2, 0) is 11.2 Å². The molecule has 0 aromatic heterocycles. The Morgan fingerprint density at radius 1 is 1.29 bits per heavy atom. The van der Waals surface area contributed by atoms with E-state index in [0.29, 0.717) is 18.0 Å². The summed E-state index contributed by atoms with van der Waals surface area (Å²) in [5.41, 5.74) is 1.44. The van der Waals surface area contributed by atoms with E-state index in [1.165, 1.54) is 19.1 Å². The van der Waals surface area contributed by atoms with Crippen LogP contribution >= 0.6 is 11.6 Å². The highest BCUT2D eigenvalue weighted by Gasteiger charge is 2.42. The lowest BCUT2D eigenvalue weighted by atomic mass is 9.87. The van der Waals surface area contributed by atoms with Crippen molar-refractivity contribution >= 4 is 23.2 Å². The van der Waals surface area contributed by atoms with Crippen molar-refractivity contribution in [3.05, 3.63) is 47.0 Å². The van der Waals surface area contributed by atoms with Crippen LogP contribution in [0.5, 0.6) is 17.2 Å². The van der Waals surface area contributed by atoms with Crippen molar-refractivity contribution in [3.63, 3.8) is 0 Å². The van der Waals surface area contributed by atoms with Crippen molar-refractivity contribution in [3.8, 4) is 17.2 Å². The number of phenols is 1. The Balaban J connectivity index is 1.27. The van der Waals surface area contributed by atoms with Crippen molar-refractivity contribution in [1.29, 1.82) is 0 Å². The van der Waals surface area contributed by atoms with Gasteiger partial charge in [-0.2, -0.15) is 0 Å². The van der Waals surface area contributed by atoms with Crippen molar-refractivity contribution < 1.29 is 24.5 Å². The monoisotopic (exact) mass is 446 g/mol. The molecule has 7 nitrogen and oxygen atoms in total. The molecule has 31 heavy (non-hydrogen) atoms. The Kier molecular flexibility index (Phi) is 6.27. The van der Waals surface area contributed by atoms with Crippen LogP contribution in [0.2, 0.25) is 5.02 Å². The Morgan fingerprint density at radius 3 is 2.81 bits per heavy atom. The zero-order valence-corrected chi connectivity index (χ0v) is 18.2. The van der Waals surface area contributed by atoms with Gasteiger partial charge in [-0.1, -0.05) is 11.6 Å². The van der Waals surface area contributed by atoms with Gasteiger partial charge in [0, 0.05) is 56.9 Å². The van der Waals surface area contributed by atoms with Crippen molar-refractivity contribution in [2.75, 3.05) is 31.6 Å². The fraction of sp³-hybridized carbons (Fsp3) is 0.435. The number of aromatic hydroxyl groups is 1. The van der Waals surface area contributed by atoms with Gasteiger partial charge in [-0.15, -0.1) is 0 Å². The van der Waals surface area contributed by atoms with Gasteiger partial charge < -0.3 is 29.9 Å². The van der Waals surface area contributed by atoms with Gasteiger partial charge in [0.15, 0.2) is 0 Å². The molecule has 2 aliphatic heterocycles. The first kappa shape index (κ1) is 21.7. The summed E-state index contributed by atoms with van der Waals surface area (Å²) in [7, 11) is 0. The summed E-state index contributed by atoms with van der Waals surface area (Å²) in [6.07, 6.45) is 1.92. The molecular weight excluding hydrogens is 420 g/mol. The number of amides is 1.